The van der Waals surface area contributed by atoms with E-state index >= 15 is 0 Å². The first-order chi connectivity index (χ1) is 9.24. The van der Waals surface area contributed by atoms with Crippen LogP contribution in [0.5, 0.6) is 5.75 Å². The van der Waals surface area contributed by atoms with Gasteiger partial charge in [-0.05, 0) is 31.5 Å². The summed E-state index contributed by atoms with van der Waals surface area (Å²) in [6.45, 7) is 8.23. The molecule has 0 aromatic heterocycles. The van der Waals surface area contributed by atoms with Gasteiger partial charge in [-0.3, -0.25) is 0 Å². The third kappa shape index (κ3) is 3.01. The maximum atomic E-state index is 5.94. The molecule has 0 spiro atoms. The SMILES string of the molecule is Cc1ccc(N2CCOCC2C)c(OC[C@@H]2CO2)c1. The van der Waals surface area contributed by atoms with Crippen molar-refractivity contribution in [3.05, 3.63) is 23.8 Å². The van der Waals surface area contributed by atoms with Crippen LogP contribution in [0.25, 0.3) is 0 Å². The van der Waals surface area contributed by atoms with Gasteiger partial charge in [0.25, 0.3) is 0 Å². The molecule has 0 N–H and O–H groups in total. The maximum Gasteiger partial charge on any atom is 0.143 e. The van der Waals surface area contributed by atoms with Crippen molar-refractivity contribution in [2.75, 3.05) is 37.9 Å². The second-order valence-corrected chi connectivity index (χ2v) is 5.35. The van der Waals surface area contributed by atoms with Crippen molar-refractivity contribution in [2.24, 2.45) is 0 Å². The third-order valence-electron chi connectivity index (χ3n) is 3.62. The summed E-state index contributed by atoms with van der Waals surface area (Å²) in [6.07, 6.45) is 0.287. The lowest BCUT2D eigenvalue weighted by molar-refractivity contribution is 0.0985. The highest BCUT2D eigenvalue weighted by molar-refractivity contribution is 5.60. The minimum Gasteiger partial charge on any atom is -0.489 e. The summed E-state index contributed by atoms with van der Waals surface area (Å²) >= 11 is 0. The monoisotopic (exact) mass is 263 g/mol. The van der Waals surface area contributed by atoms with E-state index in [9.17, 15) is 0 Å². The van der Waals surface area contributed by atoms with Gasteiger partial charge in [-0.1, -0.05) is 6.07 Å². The summed E-state index contributed by atoms with van der Waals surface area (Å²) in [5, 5.41) is 0. The Bertz CT molecular complexity index is 445. The van der Waals surface area contributed by atoms with Crippen LogP contribution in [0, 0.1) is 6.92 Å². The van der Waals surface area contributed by atoms with Crippen LogP contribution in [0.3, 0.4) is 0 Å². The van der Waals surface area contributed by atoms with Crippen molar-refractivity contribution in [1.82, 2.24) is 0 Å². The fourth-order valence-corrected chi connectivity index (χ4v) is 2.41. The smallest absolute Gasteiger partial charge is 0.143 e. The van der Waals surface area contributed by atoms with Crippen LogP contribution in [0.2, 0.25) is 0 Å². The molecule has 0 radical (unpaired) electrons. The van der Waals surface area contributed by atoms with E-state index in [1.807, 2.05) is 0 Å². The molecule has 19 heavy (non-hydrogen) atoms. The summed E-state index contributed by atoms with van der Waals surface area (Å²) in [5.74, 6) is 0.962. The zero-order valence-electron chi connectivity index (χ0n) is 11.6. The van der Waals surface area contributed by atoms with Gasteiger partial charge in [0.1, 0.15) is 18.5 Å². The van der Waals surface area contributed by atoms with Gasteiger partial charge in [0, 0.05) is 12.6 Å². The van der Waals surface area contributed by atoms with Crippen LogP contribution in [0.4, 0.5) is 5.69 Å². The number of benzene rings is 1. The Morgan fingerprint density at radius 3 is 2.95 bits per heavy atom. The average molecular weight is 263 g/mol. The van der Waals surface area contributed by atoms with Crippen LogP contribution < -0.4 is 9.64 Å². The molecule has 104 valence electrons. The highest BCUT2D eigenvalue weighted by atomic mass is 16.6. The van der Waals surface area contributed by atoms with Gasteiger partial charge in [-0.25, -0.2) is 0 Å². The molecule has 4 nitrogen and oxygen atoms in total. The third-order valence-corrected chi connectivity index (χ3v) is 3.62. The average Bonchev–Trinajstić information content (AvgIpc) is 3.22. The lowest BCUT2D eigenvalue weighted by Gasteiger charge is -2.36. The van der Waals surface area contributed by atoms with Crippen molar-refractivity contribution in [2.45, 2.75) is 26.0 Å². The molecular formula is C15H21NO3. The first kappa shape index (κ1) is 12.8. The summed E-state index contributed by atoms with van der Waals surface area (Å²) in [6, 6.07) is 6.79. The van der Waals surface area contributed by atoms with Gasteiger partial charge >= 0.3 is 0 Å². The van der Waals surface area contributed by atoms with Gasteiger partial charge in [-0.2, -0.15) is 0 Å². The normalized spacial score (nSPS) is 26.3. The Morgan fingerprint density at radius 2 is 2.21 bits per heavy atom. The molecule has 0 saturated carbocycles. The molecule has 0 aliphatic carbocycles. The summed E-state index contributed by atoms with van der Waals surface area (Å²) in [7, 11) is 0. The zero-order chi connectivity index (χ0) is 13.2. The predicted octanol–water partition coefficient (Wildman–Crippen LogP) is 2.00. The van der Waals surface area contributed by atoms with Crippen molar-refractivity contribution in [3.8, 4) is 5.75 Å². The molecule has 4 heteroatoms. The minimum atomic E-state index is 0.287. The Hall–Kier alpha value is -1.26. The van der Waals surface area contributed by atoms with E-state index in [2.05, 4.69) is 36.9 Å². The molecule has 0 amide bonds. The van der Waals surface area contributed by atoms with Crippen LogP contribution in [0.1, 0.15) is 12.5 Å². The number of hydrogen-bond donors (Lipinski definition) is 0. The Balaban J connectivity index is 1.80. The molecule has 3 rings (SSSR count). The molecule has 1 aromatic rings. The number of ether oxygens (including phenoxy) is 3. The quantitative estimate of drug-likeness (QED) is 0.778. The largest absolute Gasteiger partial charge is 0.489 e. The second kappa shape index (κ2) is 5.39. The first-order valence-corrected chi connectivity index (χ1v) is 6.93. The number of anilines is 1. The molecule has 1 unspecified atom stereocenters. The number of aryl methyl sites for hydroxylation is 1. The van der Waals surface area contributed by atoms with Gasteiger partial charge in [0.15, 0.2) is 0 Å². The molecule has 2 heterocycles. The first-order valence-electron chi connectivity index (χ1n) is 6.93. The standard InChI is InChI=1S/C15H21NO3/c1-11-3-4-14(16-5-6-17-8-12(16)2)15(7-11)19-10-13-9-18-13/h3-4,7,12-13H,5-6,8-10H2,1-2H3/t12?,13-/m0/s1. The van der Waals surface area contributed by atoms with E-state index < -0.39 is 0 Å². The summed E-state index contributed by atoms with van der Waals surface area (Å²) < 4.78 is 16.6. The summed E-state index contributed by atoms with van der Waals surface area (Å²) in [5.41, 5.74) is 2.39. The van der Waals surface area contributed by atoms with E-state index in [1.165, 1.54) is 11.3 Å². The van der Waals surface area contributed by atoms with Gasteiger partial charge in [-0.15, -0.1) is 0 Å². The van der Waals surface area contributed by atoms with E-state index in [-0.39, 0.29) is 6.10 Å². The van der Waals surface area contributed by atoms with Crippen LogP contribution in [-0.4, -0.2) is 45.1 Å². The number of hydrogen-bond acceptors (Lipinski definition) is 4. The maximum absolute atomic E-state index is 5.94. The molecule has 2 atom stereocenters. The minimum absolute atomic E-state index is 0.287. The van der Waals surface area contributed by atoms with Crippen molar-refractivity contribution < 1.29 is 14.2 Å². The van der Waals surface area contributed by atoms with Crippen LogP contribution in [-0.2, 0) is 9.47 Å². The Kier molecular flexibility index (Phi) is 3.62. The fourth-order valence-electron chi connectivity index (χ4n) is 2.41. The fraction of sp³-hybridized carbons (Fsp3) is 0.600. The van der Waals surface area contributed by atoms with E-state index in [0.717, 1.165) is 32.1 Å². The predicted molar refractivity (Wildman–Crippen MR) is 74.0 cm³/mol. The molecule has 2 aliphatic rings. The topological polar surface area (TPSA) is 34.2 Å². The van der Waals surface area contributed by atoms with E-state index in [4.69, 9.17) is 14.2 Å². The Morgan fingerprint density at radius 1 is 1.37 bits per heavy atom. The molecule has 2 fully saturated rings. The second-order valence-electron chi connectivity index (χ2n) is 5.35. The summed E-state index contributed by atoms with van der Waals surface area (Å²) in [4.78, 5) is 2.37. The van der Waals surface area contributed by atoms with E-state index in [1.54, 1.807) is 0 Å². The van der Waals surface area contributed by atoms with E-state index in [0.29, 0.717) is 12.6 Å². The molecule has 2 aliphatic heterocycles. The molecule has 0 bridgehead atoms. The Labute approximate surface area is 114 Å². The lowest BCUT2D eigenvalue weighted by atomic mass is 10.1. The number of morpholine rings is 1. The molecule has 2 saturated heterocycles. The van der Waals surface area contributed by atoms with Crippen molar-refractivity contribution in [3.63, 3.8) is 0 Å². The van der Waals surface area contributed by atoms with Crippen molar-refractivity contribution >= 4 is 5.69 Å². The van der Waals surface area contributed by atoms with Crippen LogP contribution in [0.15, 0.2) is 18.2 Å². The number of rotatable bonds is 4. The lowest BCUT2D eigenvalue weighted by Crippen LogP contribution is -2.43. The van der Waals surface area contributed by atoms with Crippen LogP contribution >= 0.6 is 0 Å². The molecular weight excluding hydrogens is 242 g/mol. The molecule has 1 aromatic carbocycles. The van der Waals surface area contributed by atoms with Crippen molar-refractivity contribution in [1.29, 1.82) is 0 Å². The number of epoxide rings is 1. The highest BCUT2D eigenvalue weighted by Crippen LogP contribution is 2.32. The van der Waals surface area contributed by atoms with Gasteiger partial charge in [0.05, 0.1) is 25.5 Å². The number of nitrogens with zero attached hydrogens (tertiary/aromatic N) is 1. The van der Waals surface area contributed by atoms with Gasteiger partial charge in [0.2, 0.25) is 0 Å². The highest BCUT2D eigenvalue weighted by Gasteiger charge is 2.25. The van der Waals surface area contributed by atoms with Gasteiger partial charge < -0.3 is 19.1 Å². The zero-order valence-corrected chi connectivity index (χ0v) is 11.6.